The fourth-order valence-corrected chi connectivity index (χ4v) is 4.50. The average Bonchev–Trinajstić information content (AvgIpc) is 3.17. The number of nitrogens with two attached hydrogens (primary N) is 1. The molecule has 0 saturated heterocycles. The highest BCUT2D eigenvalue weighted by Crippen LogP contribution is 2.38. The SMILES string of the molecule is CN(C)C(=O)/C=C/c1ccc(-n2nc(C(N)=O)c3c2-c2cc(NS(C)(=O)=O)ccc2CC3)cc1. The lowest BCUT2D eigenvalue weighted by molar-refractivity contribution is -0.123. The lowest BCUT2D eigenvalue weighted by Crippen LogP contribution is -2.18. The van der Waals surface area contributed by atoms with Gasteiger partial charge in [0.05, 0.1) is 17.6 Å². The van der Waals surface area contributed by atoms with Crippen LogP contribution in [0.4, 0.5) is 5.69 Å². The molecule has 0 saturated carbocycles. The first-order valence-electron chi connectivity index (χ1n) is 10.6. The van der Waals surface area contributed by atoms with Crippen molar-refractivity contribution in [3.05, 3.63) is 70.9 Å². The van der Waals surface area contributed by atoms with Crippen molar-refractivity contribution in [2.75, 3.05) is 25.1 Å². The summed E-state index contributed by atoms with van der Waals surface area (Å²) in [4.78, 5) is 25.4. The van der Waals surface area contributed by atoms with Crippen molar-refractivity contribution in [2.24, 2.45) is 5.73 Å². The van der Waals surface area contributed by atoms with Gasteiger partial charge in [0.15, 0.2) is 5.69 Å². The molecule has 2 amide bonds. The highest BCUT2D eigenvalue weighted by Gasteiger charge is 2.28. The number of rotatable bonds is 6. The number of carbonyl (C=O) groups excluding carboxylic acids is 2. The van der Waals surface area contributed by atoms with Gasteiger partial charge in [0.2, 0.25) is 15.9 Å². The van der Waals surface area contributed by atoms with Gasteiger partial charge in [-0.25, -0.2) is 13.1 Å². The summed E-state index contributed by atoms with van der Waals surface area (Å²) in [6.45, 7) is 0. The number of anilines is 1. The highest BCUT2D eigenvalue weighted by atomic mass is 32.2. The molecule has 3 aromatic rings. The van der Waals surface area contributed by atoms with E-state index >= 15 is 0 Å². The highest BCUT2D eigenvalue weighted by molar-refractivity contribution is 7.92. The minimum atomic E-state index is -3.45. The van der Waals surface area contributed by atoms with E-state index in [1.54, 1.807) is 37.0 Å². The maximum atomic E-state index is 12.2. The molecule has 0 radical (unpaired) electrons. The number of primary amides is 1. The van der Waals surface area contributed by atoms with E-state index in [2.05, 4.69) is 9.82 Å². The van der Waals surface area contributed by atoms with Crippen LogP contribution in [0, 0.1) is 0 Å². The molecule has 0 fully saturated rings. The summed E-state index contributed by atoms with van der Waals surface area (Å²) in [6.07, 6.45) is 5.57. The van der Waals surface area contributed by atoms with E-state index in [0.717, 1.165) is 28.5 Å². The number of nitrogens with one attached hydrogen (secondary N) is 1. The molecule has 0 spiro atoms. The summed E-state index contributed by atoms with van der Waals surface area (Å²) in [5, 5.41) is 4.52. The summed E-state index contributed by atoms with van der Waals surface area (Å²) in [5.41, 5.74) is 11.0. The monoisotopic (exact) mass is 479 g/mol. The number of amides is 2. The Morgan fingerprint density at radius 1 is 1.12 bits per heavy atom. The Kier molecular flexibility index (Phi) is 6.01. The third-order valence-electron chi connectivity index (χ3n) is 5.53. The zero-order chi connectivity index (χ0) is 24.6. The predicted octanol–water partition coefficient (Wildman–Crippen LogP) is 2.21. The number of aryl methyl sites for hydroxylation is 1. The quantitative estimate of drug-likeness (QED) is 0.524. The number of fused-ring (bicyclic) bond motifs is 3. The van der Waals surface area contributed by atoms with Crippen molar-refractivity contribution in [3.63, 3.8) is 0 Å². The van der Waals surface area contributed by atoms with Gasteiger partial charge in [-0.05, 0) is 54.3 Å². The summed E-state index contributed by atoms with van der Waals surface area (Å²) < 4.78 is 27.6. The van der Waals surface area contributed by atoms with Crippen molar-refractivity contribution >= 4 is 33.6 Å². The van der Waals surface area contributed by atoms with E-state index in [1.165, 1.54) is 11.0 Å². The molecule has 34 heavy (non-hydrogen) atoms. The van der Waals surface area contributed by atoms with Gasteiger partial charge in [-0.3, -0.25) is 14.3 Å². The normalized spacial score (nSPS) is 12.8. The fourth-order valence-electron chi connectivity index (χ4n) is 3.94. The third-order valence-corrected chi connectivity index (χ3v) is 6.13. The van der Waals surface area contributed by atoms with Crippen LogP contribution in [-0.2, 0) is 27.7 Å². The Morgan fingerprint density at radius 3 is 2.44 bits per heavy atom. The van der Waals surface area contributed by atoms with Crippen molar-refractivity contribution < 1.29 is 18.0 Å². The number of likely N-dealkylation sites (N-methyl/N-ethyl adjacent to an activating group) is 1. The first-order valence-corrected chi connectivity index (χ1v) is 12.5. The summed E-state index contributed by atoms with van der Waals surface area (Å²) in [6, 6.07) is 12.7. The molecule has 1 heterocycles. The molecule has 10 heteroatoms. The number of sulfonamides is 1. The summed E-state index contributed by atoms with van der Waals surface area (Å²) in [7, 11) is -0.0891. The maximum absolute atomic E-state index is 12.2. The lowest BCUT2D eigenvalue weighted by atomic mass is 9.88. The van der Waals surface area contributed by atoms with Crippen molar-refractivity contribution in [3.8, 4) is 16.9 Å². The second kappa shape index (κ2) is 8.79. The molecule has 1 aliphatic rings. The minimum absolute atomic E-state index is 0.119. The summed E-state index contributed by atoms with van der Waals surface area (Å²) >= 11 is 0. The number of hydrogen-bond donors (Lipinski definition) is 2. The van der Waals surface area contributed by atoms with Crippen LogP contribution in [0.5, 0.6) is 0 Å². The Morgan fingerprint density at radius 2 is 1.82 bits per heavy atom. The fraction of sp³-hybridized carbons (Fsp3) is 0.208. The average molecular weight is 480 g/mol. The van der Waals surface area contributed by atoms with Gasteiger partial charge < -0.3 is 10.6 Å². The Balaban J connectivity index is 1.80. The maximum Gasteiger partial charge on any atom is 0.269 e. The molecular formula is C24H25N5O4S. The van der Waals surface area contributed by atoms with Gasteiger partial charge in [-0.1, -0.05) is 18.2 Å². The second-order valence-corrected chi connectivity index (χ2v) is 10.1. The van der Waals surface area contributed by atoms with Crippen LogP contribution in [0.15, 0.2) is 48.5 Å². The third kappa shape index (κ3) is 4.72. The first-order chi connectivity index (χ1) is 16.0. The van der Waals surface area contributed by atoms with Crippen LogP contribution < -0.4 is 10.5 Å². The molecular weight excluding hydrogens is 454 g/mol. The molecule has 1 aromatic heterocycles. The molecule has 0 bridgehead atoms. The van der Waals surface area contributed by atoms with Crippen LogP contribution in [0.25, 0.3) is 23.0 Å². The van der Waals surface area contributed by atoms with Gasteiger partial charge in [-0.15, -0.1) is 0 Å². The van der Waals surface area contributed by atoms with E-state index in [4.69, 9.17) is 5.73 Å². The Hall–Kier alpha value is -3.92. The van der Waals surface area contributed by atoms with E-state index in [9.17, 15) is 18.0 Å². The predicted molar refractivity (Wildman–Crippen MR) is 131 cm³/mol. The van der Waals surface area contributed by atoms with Crippen molar-refractivity contribution in [1.29, 1.82) is 0 Å². The Bertz CT molecular complexity index is 1420. The minimum Gasteiger partial charge on any atom is -0.364 e. The zero-order valence-corrected chi connectivity index (χ0v) is 19.9. The topological polar surface area (TPSA) is 127 Å². The van der Waals surface area contributed by atoms with Crippen LogP contribution in [0.3, 0.4) is 0 Å². The number of benzene rings is 2. The standard InChI is InChI=1S/C24H25N5O4S/c1-28(2)21(30)13-6-15-4-10-18(11-5-15)29-23-19(22(26-29)24(25)31)12-8-16-7-9-17(14-20(16)23)27-34(3,32)33/h4-7,9-11,13-14,27H,8,12H2,1-3H3,(H2,25,31)/b13-6+. The number of carbonyl (C=O) groups is 2. The smallest absolute Gasteiger partial charge is 0.269 e. The number of aromatic nitrogens is 2. The molecule has 4 rings (SSSR count). The molecule has 0 unspecified atom stereocenters. The number of hydrogen-bond acceptors (Lipinski definition) is 5. The molecule has 0 atom stereocenters. The van der Waals surface area contributed by atoms with E-state index in [-0.39, 0.29) is 11.6 Å². The van der Waals surface area contributed by atoms with Gasteiger partial charge in [-0.2, -0.15) is 5.10 Å². The van der Waals surface area contributed by atoms with Crippen LogP contribution in [-0.4, -0.2) is 55.3 Å². The molecule has 9 nitrogen and oxygen atoms in total. The van der Waals surface area contributed by atoms with Crippen molar-refractivity contribution in [2.45, 2.75) is 12.8 Å². The Labute approximate surface area is 197 Å². The molecule has 1 aliphatic carbocycles. The molecule has 0 aliphatic heterocycles. The number of nitrogens with zero attached hydrogens (tertiary/aromatic N) is 3. The van der Waals surface area contributed by atoms with Crippen LogP contribution >= 0.6 is 0 Å². The van der Waals surface area contributed by atoms with Gasteiger partial charge in [0, 0.05) is 37.0 Å². The van der Waals surface area contributed by atoms with Gasteiger partial charge in [0.25, 0.3) is 5.91 Å². The van der Waals surface area contributed by atoms with Crippen LogP contribution in [0.1, 0.15) is 27.2 Å². The van der Waals surface area contributed by atoms with E-state index in [0.29, 0.717) is 29.9 Å². The summed E-state index contributed by atoms with van der Waals surface area (Å²) in [5.74, 6) is -0.739. The second-order valence-electron chi connectivity index (χ2n) is 8.36. The van der Waals surface area contributed by atoms with E-state index < -0.39 is 15.9 Å². The largest absolute Gasteiger partial charge is 0.364 e. The lowest BCUT2D eigenvalue weighted by Gasteiger charge is -2.20. The van der Waals surface area contributed by atoms with Crippen molar-refractivity contribution in [1.82, 2.24) is 14.7 Å². The zero-order valence-electron chi connectivity index (χ0n) is 19.1. The van der Waals surface area contributed by atoms with E-state index in [1.807, 2.05) is 30.3 Å². The van der Waals surface area contributed by atoms with Gasteiger partial charge >= 0.3 is 0 Å². The molecule has 176 valence electrons. The molecule has 2 aromatic carbocycles. The molecule has 3 N–H and O–H groups in total. The van der Waals surface area contributed by atoms with Gasteiger partial charge in [0.1, 0.15) is 0 Å². The van der Waals surface area contributed by atoms with Crippen LogP contribution in [0.2, 0.25) is 0 Å². The first kappa shape index (κ1) is 23.2.